The molecular weight excluding hydrogens is 364 g/mol. The molecule has 0 aliphatic carbocycles. The molecule has 2 heterocycles. The summed E-state index contributed by atoms with van der Waals surface area (Å²) in [6.07, 6.45) is 1.92. The molecule has 152 valence electrons. The van der Waals surface area contributed by atoms with Gasteiger partial charge in [0.2, 0.25) is 5.91 Å². The molecule has 2 saturated heterocycles. The van der Waals surface area contributed by atoms with Crippen LogP contribution in [0.25, 0.3) is 0 Å². The number of nitrogens with zero attached hydrogens (tertiary/aromatic N) is 2. The van der Waals surface area contributed by atoms with Gasteiger partial charge in [-0.3, -0.25) is 4.79 Å². The van der Waals surface area contributed by atoms with E-state index in [1.54, 1.807) is 24.3 Å². The quantitative estimate of drug-likeness (QED) is 0.717. The first-order valence-corrected chi connectivity index (χ1v) is 9.42. The van der Waals surface area contributed by atoms with Gasteiger partial charge in [0.05, 0.1) is 7.11 Å². The number of amides is 3. The van der Waals surface area contributed by atoms with Crippen LogP contribution in [-0.2, 0) is 14.3 Å². The molecule has 2 fully saturated rings. The summed E-state index contributed by atoms with van der Waals surface area (Å²) in [4.78, 5) is 39.5. The third-order valence-electron chi connectivity index (χ3n) is 4.98. The summed E-state index contributed by atoms with van der Waals surface area (Å²) in [5.74, 6) is 0.0275. The Morgan fingerprint density at radius 1 is 1.18 bits per heavy atom. The first-order chi connectivity index (χ1) is 13.6. The van der Waals surface area contributed by atoms with Crippen LogP contribution in [0.15, 0.2) is 24.3 Å². The van der Waals surface area contributed by atoms with Crippen LogP contribution < -0.4 is 15.4 Å². The highest BCUT2D eigenvalue weighted by Crippen LogP contribution is 2.18. The first-order valence-electron chi connectivity index (χ1n) is 9.42. The molecule has 28 heavy (non-hydrogen) atoms. The highest BCUT2D eigenvalue weighted by Gasteiger charge is 2.32. The molecule has 0 saturated carbocycles. The SMILES string of the molecule is COC(=O)COc1ccc(NC(=O)N2CCN(C3CCNCC3)C(=O)C2)cc1. The molecule has 0 unspecified atom stereocenters. The Balaban J connectivity index is 1.48. The first kappa shape index (κ1) is 19.9. The third kappa shape index (κ3) is 5.13. The molecule has 2 aliphatic heterocycles. The Bertz CT molecular complexity index is 703. The van der Waals surface area contributed by atoms with Gasteiger partial charge in [-0.15, -0.1) is 0 Å². The monoisotopic (exact) mass is 390 g/mol. The average Bonchev–Trinajstić information content (AvgIpc) is 2.73. The number of carbonyl (C=O) groups excluding carboxylic acids is 3. The second-order valence-electron chi connectivity index (χ2n) is 6.81. The summed E-state index contributed by atoms with van der Waals surface area (Å²) in [6, 6.07) is 6.63. The van der Waals surface area contributed by atoms with Gasteiger partial charge >= 0.3 is 12.0 Å². The van der Waals surface area contributed by atoms with E-state index in [1.165, 1.54) is 12.0 Å². The molecule has 0 aromatic heterocycles. The van der Waals surface area contributed by atoms with Gasteiger partial charge in [0, 0.05) is 24.8 Å². The topological polar surface area (TPSA) is 100 Å². The minimum absolute atomic E-state index is 0.000131. The average molecular weight is 390 g/mol. The van der Waals surface area contributed by atoms with E-state index >= 15 is 0 Å². The van der Waals surface area contributed by atoms with Gasteiger partial charge in [-0.1, -0.05) is 0 Å². The van der Waals surface area contributed by atoms with Crippen molar-refractivity contribution in [1.29, 1.82) is 0 Å². The van der Waals surface area contributed by atoms with Crippen molar-refractivity contribution in [3.63, 3.8) is 0 Å². The van der Waals surface area contributed by atoms with Gasteiger partial charge in [-0.2, -0.15) is 0 Å². The number of hydrogen-bond acceptors (Lipinski definition) is 6. The molecule has 1 aromatic rings. The fourth-order valence-corrected chi connectivity index (χ4v) is 3.40. The number of anilines is 1. The number of rotatable bonds is 5. The number of carbonyl (C=O) groups is 3. The zero-order valence-corrected chi connectivity index (χ0v) is 16.0. The van der Waals surface area contributed by atoms with E-state index in [0.29, 0.717) is 24.5 Å². The predicted molar refractivity (Wildman–Crippen MR) is 102 cm³/mol. The molecule has 0 spiro atoms. The third-order valence-corrected chi connectivity index (χ3v) is 4.98. The van der Waals surface area contributed by atoms with Gasteiger partial charge in [0.15, 0.2) is 6.61 Å². The Kier molecular flexibility index (Phi) is 6.70. The van der Waals surface area contributed by atoms with E-state index in [9.17, 15) is 14.4 Å². The van der Waals surface area contributed by atoms with E-state index in [2.05, 4.69) is 15.4 Å². The van der Waals surface area contributed by atoms with Gasteiger partial charge in [0.25, 0.3) is 0 Å². The van der Waals surface area contributed by atoms with Crippen molar-refractivity contribution >= 4 is 23.6 Å². The van der Waals surface area contributed by atoms with Crippen LogP contribution in [0.3, 0.4) is 0 Å². The second kappa shape index (κ2) is 9.41. The van der Waals surface area contributed by atoms with Gasteiger partial charge in [0.1, 0.15) is 12.3 Å². The van der Waals surface area contributed by atoms with Crippen molar-refractivity contribution in [2.24, 2.45) is 0 Å². The molecule has 9 nitrogen and oxygen atoms in total. The van der Waals surface area contributed by atoms with Crippen molar-refractivity contribution in [2.45, 2.75) is 18.9 Å². The predicted octanol–water partition coefficient (Wildman–Crippen LogP) is 0.667. The number of piperidine rings is 1. The fourth-order valence-electron chi connectivity index (χ4n) is 3.40. The van der Waals surface area contributed by atoms with E-state index in [1.807, 2.05) is 4.90 Å². The lowest BCUT2D eigenvalue weighted by molar-refractivity contribution is -0.143. The Morgan fingerprint density at radius 2 is 1.89 bits per heavy atom. The lowest BCUT2D eigenvalue weighted by Crippen LogP contribution is -2.57. The summed E-state index contributed by atoms with van der Waals surface area (Å²) in [7, 11) is 1.29. The largest absolute Gasteiger partial charge is 0.482 e. The number of methoxy groups -OCH3 is 1. The zero-order chi connectivity index (χ0) is 19.9. The lowest BCUT2D eigenvalue weighted by Gasteiger charge is -2.40. The number of benzene rings is 1. The van der Waals surface area contributed by atoms with Crippen molar-refractivity contribution < 1.29 is 23.9 Å². The molecule has 2 N–H and O–H groups in total. The Morgan fingerprint density at radius 3 is 2.54 bits per heavy atom. The number of piperazine rings is 1. The summed E-state index contributed by atoms with van der Waals surface area (Å²) in [5.41, 5.74) is 0.587. The van der Waals surface area contributed by atoms with Gasteiger partial charge in [-0.05, 0) is 50.2 Å². The molecule has 0 radical (unpaired) electrons. The van der Waals surface area contributed by atoms with Crippen molar-refractivity contribution in [2.75, 3.05) is 51.8 Å². The number of urea groups is 1. The molecule has 3 amide bonds. The molecule has 9 heteroatoms. The molecule has 3 rings (SSSR count). The van der Waals surface area contributed by atoms with E-state index in [-0.39, 0.29) is 31.1 Å². The maximum absolute atomic E-state index is 12.5. The Labute approximate surface area is 163 Å². The summed E-state index contributed by atoms with van der Waals surface area (Å²) >= 11 is 0. The molecular formula is C19H26N4O5. The number of nitrogens with one attached hydrogen (secondary N) is 2. The van der Waals surface area contributed by atoms with Crippen molar-refractivity contribution in [3.05, 3.63) is 24.3 Å². The minimum Gasteiger partial charge on any atom is -0.482 e. The number of hydrogen-bond donors (Lipinski definition) is 2. The van der Waals surface area contributed by atoms with Crippen LogP contribution in [0.2, 0.25) is 0 Å². The van der Waals surface area contributed by atoms with Gasteiger partial charge in [-0.25, -0.2) is 9.59 Å². The van der Waals surface area contributed by atoms with Gasteiger partial charge < -0.3 is 29.9 Å². The smallest absolute Gasteiger partial charge is 0.343 e. The lowest BCUT2D eigenvalue weighted by atomic mass is 10.0. The van der Waals surface area contributed by atoms with Crippen LogP contribution in [0.5, 0.6) is 5.75 Å². The van der Waals surface area contributed by atoms with E-state index in [0.717, 1.165) is 25.9 Å². The van der Waals surface area contributed by atoms with E-state index in [4.69, 9.17) is 4.74 Å². The van der Waals surface area contributed by atoms with Crippen LogP contribution in [0.1, 0.15) is 12.8 Å². The second-order valence-corrected chi connectivity index (χ2v) is 6.81. The van der Waals surface area contributed by atoms with Crippen LogP contribution in [0.4, 0.5) is 10.5 Å². The summed E-state index contributed by atoms with van der Waals surface area (Å²) < 4.78 is 9.78. The summed E-state index contributed by atoms with van der Waals surface area (Å²) in [6.45, 7) is 2.86. The molecule has 2 aliphatic rings. The zero-order valence-electron chi connectivity index (χ0n) is 16.0. The normalized spacial score (nSPS) is 18.0. The molecule has 1 aromatic carbocycles. The number of ether oxygens (including phenoxy) is 2. The number of esters is 1. The maximum atomic E-state index is 12.5. The minimum atomic E-state index is -0.467. The Hall–Kier alpha value is -2.81. The van der Waals surface area contributed by atoms with Crippen molar-refractivity contribution in [1.82, 2.24) is 15.1 Å². The summed E-state index contributed by atoms with van der Waals surface area (Å²) in [5, 5.41) is 6.09. The maximum Gasteiger partial charge on any atom is 0.343 e. The van der Waals surface area contributed by atoms with Crippen LogP contribution in [0, 0.1) is 0 Å². The highest BCUT2D eigenvalue weighted by atomic mass is 16.6. The standard InChI is InChI=1S/C19H26N4O5/c1-27-18(25)13-28-16-4-2-14(3-5-16)21-19(26)22-10-11-23(17(24)12-22)15-6-8-20-9-7-15/h2-5,15,20H,6-13H2,1H3,(H,21,26). The van der Waals surface area contributed by atoms with Crippen LogP contribution in [-0.4, -0.2) is 80.2 Å². The van der Waals surface area contributed by atoms with Crippen LogP contribution >= 0.6 is 0 Å². The van der Waals surface area contributed by atoms with Crippen molar-refractivity contribution in [3.8, 4) is 5.75 Å². The molecule has 0 bridgehead atoms. The molecule has 0 atom stereocenters. The highest BCUT2D eigenvalue weighted by molar-refractivity contribution is 5.93. The fraction of sp³-hybridized carbons (Fsp3) is 0.526. The van der Waals surface area contributed by atoms with E-state index < -0.39 is 5.97 Å².